The lowest BCUT2D eigenvalue weighted by molar-refractivity contribution is 0.136. The Hall–Kier alpha value is -2.31. The van der Waals surface area contributed by atoms with Crippen LogP contribution in [-0.4, -0.2) is 14.2 Å². The summed E-state index contributed by atoms with van der Waals surface area (Å²) < 4.78 is 10.7. The molecule has 2 aromatic carbocycles. The van der Waals surface area contributed by atoms with Crippen molar-refractivity contribution in [1.29, 1.82) is 5.26 Å². The van der Waals surface area contributed by atoms with E-state index in [-0.39, 0.29) is 6.10 Å². The normalized spacial score (nSPS) is 11.6. The molecule has 2 aromatic rings. The molecule has 0 spiro atoms. The maximum absolute atomic E-state index is 8.80. The summed E-state index contributed by atoms with van der Waals surface area (Å²) in [6, 6.07) is 17.3. The molecule has 19 heavy (non-hydrogen) atoms. The van der Waals surface area contributed by atoms with Crippen LogP contribution in [0.2, 0.25) is 0 Å². The number of hydrogen-bond donors (Lipinski definition) is 0. The molecular formula is C16H15NO2. The molecule has 1 atom stereocenters. The van der Waals surface area contributed by atoms with Gasteiger partial charge in [-0.25, -0.2) is 0 Å². The molecule has 0 aliphatic heterocycles. The van der Waals surface area contributed by atoms with E-state index in [2.05, 4.69) is 6.07 Å². The summed E-state index contributed by atoms with van der Waals surface area (Å²) in [6.07, 6.45) is -0.140. The second kappa shape index (κ2) is 6.03. The molecule has 0 radical (unpaired) electrons. The van der Waals surface area contributed by atoms with Gasteiger partial charge in [0.1, 0.15) is 11.9 Å². The second-order valence-electron chi connectivity index (χ2n) is 4.12. The van der Waals surface area contributed by atoms with Gasteiger partial charge in [-0.2, -0.15) is 5.26 Å². The first-order valence-electron chi connectivity index (χ1n) is 5.95. The number of nitriles is 1. The van der Waals surface area contributed by atoms with Crippen molar-refractivity contribution in [3.63, 3.8) is 0 Å². The molecule has 2 rings (SSSR count). The molecule has 1 unspecified atom stereocenters. The van der Waals surface area contributed by atoms with Crippen LogP contribution in [0.4, 0.5) is 0 Å². The Bertz CT molecular complexity index is 567. The average molecular weight is 253 g/mol. The molecule has 0 aromatic heterocycles. The first kappa shape index (κ1) is 13.1. The number of hydrogen-bond acceptors (Lipinski definition) is 3. The van der Waals surface area contributed by atoms with Crippen LogP contribution in [0.3, 0.4) is 0 Å². The van der Waals surface area contributed by atoms with Crippen LogP contribution in [0.25, 0.3) is 0 Å². The van der Waals surface area contributed by atoms with E-state index in [4.69, 9.17) is 14.7 Å². The Morgan fingerprint density at radius 1 is 0.895 bits per heavy atom. The van der Waals surface area contributed by atoms with Crippen LogP contribution in [0, 0.1) is 11.3 Å². The van der Waals surface area contributed by atoms with Gasteiger partial charge in [0.15, 0.2) is 0 Å². The minimum atomic E-state index is -0.140. The van der Waals surface area contributed by atoms with Gasteiger partial charge in [0.2, 0.25) is 0 Å². The van der Waals surface area contributed by atoms with Crippen LogP contribution in [-0.2, 0) is 4.74 Å². The maximum atomic E-state index is 8.80. The largest absolute Gasteiger partial charge is 0.497 e. The molecule has 3 nitrogen and oxygen atoms in total. The zero-order valence-corrected chi connectivity index (χ0v) is 11.0. The van der Waals surface area contributed by atoms with Gasteiger partial charge in [0.05, 0.1) is 18.7 Å². The van der Waals surface area contributed by atoms with Gasteiger partial charge in [-0.3, -0.25) is 0 Å². The lowest BCUT2D eigenvalue weighted by atomic mass is 10.0. The van der Waals surface area contributed by atoms with Crippen molar-refractivity contribution in [3.8, 4) is 11.8 Å². The molecular weight excluding hydrogens is 238 g/mol. The number of ether oxygens (including phenoxy) is 2. The molecule has 96 valence electrons. The fourth-order valence-corrected chi connectivity index (χ4v) is 1.98. The molecule has 0 aliphatic carbocycles. The molecule has 0 bridgehead atoms. The van der Waals surface area contributed by atoms with Crippen molar-refractivity contribution in [2.45, 2.75) is 6.10 Å². The lowest BCUT2D eigenvalue weighted by Crippen LogP contribution is -2.03. The standard InChI is InChI=1S/C16H15NO2/c1-18-15-9-7-14(8-10-15)16(19-2)13-5-3-12(11-17)4-6-13/h3-10,16H,1-2H3. The van der Waals surface area contributed by atoms with Gasteiger partial charge in [0.25, 0.3) is 0 Å². The highest BCUT2D eigenvalue weighted by atomic mass is 16.5. The third kappa shape index (κ3) is 2.93. The minimum absolute atomic E-state index is 0.140. The second-order valence-corrected chi connectivity index (χ2v) is 4.12. The number of rotatable bonds is 4. The highest BCUT2D eigenvalue weighted by molar-refractivity contribution is 5.37. The molecule has 3 heteroatoms. The van der Waals surface area contributed by atoms with E-state index in [1.165, 1.54) is 0 Å². The molecule has 0 heterocycles. The summed E-state index contributed by atoms with van der Waals surface area (Å²) in [6.45, 7) is 0. The van der Waals surface area contributed by atoms with Gasteiger partial charge >= 0.3 is 0 Å². The smallest absolute Gasteiger partial charge is 0.118 e. The minimum Gasteiger partial charge on any atom is -0.497 e. The summed E-state index contributed by atoms with van der Waals surface area (Å²) in [5, 5.41) is 8.80. The van der Waals surface area contributed by atoms with E-state index in [9.17, 15) is 0 Å². The fraction of sp³-hybridized carbons (Fsp3) is 0.188. The number of benzene rings is 2. The van der Waals surface area contributed by atoms with Gasteiger partial charge < -0.3 is 9.47 Å². The van der Waals surface area contributed by atoms with Crippen molar-refractivity contribution in [3.05, 3.63) is 65.2 Å². The molecule has 0 saturated heterocycles. The predicted molar refractivity (Wildman–Crippen MR) is 73.0 cm³/mol. The van der Waals surface area contributed by atoms with Gasteiger partial charge in [-0.15, -0.1) is 0 Å². The molecule has 0 amide bonds. The average Bonchev–Trinajstić information content (AvgIpc) is 2.49. The van der Waals surface area contributed by atoms with Gasteiger partial charge in [0, 0.05) is 7.11 Å². The predicted octanol–water partition coefficient (Wildman–Crippen LogP) is 3.30. The summed E-state index contributed by atoms with van der Waals surface area (Å²) in [5.41, 5.74) is 2.72. The van der Waals surface area contributed by atoms with Crippen LogP contribution >= 0.6 is 0 Å². The Kier molecular flexibility index (Phi) is 4.17. The lowest BCUT2D eigenvalue weighted by Gasteiger charge is -2.16. The third-order valence-corrected chi connectivity index (χ3v) is 3.00. The van der Waals surface area contributed by atoms with E-state index in [0.717, 1.165) is 16.9 Å². The number of nitrogens with zero attached hydrogens (tertiary/aromatic N) is 1. The van der Waals surface area contributed by atoms with E-state index < -0.39 is 0 Å². The van der Waals surface area contributed by atoms with Crippen molar-refractivity contribution >= 4 is 0 Å². The fourth-order valence-electron chi connectivity index (χ4n) is 1.98. The van der Waals surface area contributed by atoms with Crippen LogP contribution < -0.4 is 4.74 Å². The Morgan fingerprint density at radius 3 is 1.84 bits per heavy atom. The highest BCUT2D eigenvalue weighted by Gasteiger charge is 2.13. The van der Waals surface area contributed by atoms with Gasteiger partial charge in [-0.05, 0) is 35.4 Å². The van der Waals surface area contributed by atoms with Crippen molar-refractivity contribution in [2.75, 3.05) is 14.2 Å². The molecule has 0 saturated carbocycles. The summed E-state index contributed by atoms with van der Waals surface area (Å²) >= 11 is 0. The van der Waals surface area contributed by atoms with Crippen molar-refractivity contribution in [1.82, 2.24) is 0 Å². The SMILES string of the molecule is COc1ccc(C(OC)c2ccc(C#N)cc2)cc1. The van der Waals surface area contributed by atoms with E-state index in [1.807, 2.05) is 36.4 Å². The van der Waals surface area contributed by atoms with E-state index >= 15 is 0 Å². The molecule has 0 aliphatic rings. The Labute approximate surface area is 113 Å². The Morgan fingerprint density at radius 2 is 1.42 bits per heavy atom. The zero-order valence-electron chi connectivity index (χ0n) is 11.0. The summed E-state index contributed by atoms with van der Waals surface area (Å²) in [4.78, 5) is 0. The summed E-state index contributed by atoms with van der Waals surface area (Å²) in [5.74, 6) is 0.818. The summed E-state index contributed by atoms with van der Waals surface area (Å²) in [7, 11) is 3.32. The van der Waals surface area contributed by atoms with Crippen LogP contribution in [0.1, 0.15) is 22.8 Å². The molecule has 0 fully saturated rings. The quantitative estimate of drug-likeness (QED) is 0.839. The topological polar surface area (TPSA) is 42.2 Å². The first-order valence-corrected chi connectivity index (χ1v) is 5.95. The van der Waals surface area contributed by atoms with Crippen molar-refractivity contribution in [2.24, 2.45) is 0 Å². The molecule has 0 N–H and O–H groups in total. The third-order valence-electron chi connectivity index (χ3n) is 3.00. The van der Waals surface area contributed by atoms with Crippen LogP contribution in [0.15, 0.2) is 48.5 Å². The first-order chi connectivity index (χ1) is 9.28. The van der Waals surface area contributed by atoms with Crippen LogP contribution in [0.5, 0.6) is 5.75 Å². The van der Waals surface area contributed by atoms with E-state index in [0.29, 0.717) is 5.56 Å². The monoisotopic (exact) mass is 253 g/mol. The highest BCUT2D eigenvalue weighted by Crippen LogP contribution is 2.27. The van der Waals surface area contributed by atoms with Gasteiger partial charge in [-0.1, -0.05) is 24.3 Å². The number of methoxy groups -OCH3 is 2. The maximum Gasteiger partial charge on any atom is 0.118 e. The zero-order chi connectivity index (χ0) is 13.7. The van der Waals surface area contributed by atoms with E-state index in [1.54, 1.807) is 26.4 Å². The van der Waals surface area contributed by atoms with Crippen molar-refractivity contribution < 1.29 is 9.47 Å². The Balaban J connectivity index is 2.29.